The second kappa shape index (κ2) is 6.11. The number of rotatable bonds is 4. The number of carbonyl (C=O) groups is 1. The van der Waals surface area contributed by atoms with Crippen LogP contribution in [0.2, 0.25) is 0 Å². The van der Waals surface area contributed by atoms with Gasteiger partial charge in [-0.1, -0.05) is 20.3 Å². The molecule has 0 spiro atoms. The number of nitrogens with two attached hydrogens (primary N) is 1. The van der Waals surface area contributed by atoms with Gasteiger partial charge in [-0.05, 0) is 38.0 Å². The maximum atomic E-state index is 11.6. The van der Waals surface area contributed by atoms with Crippen LogP contribution in [0.3, 0.4) is 0 Å². The Morgan fingerprint density at radius 3 is 2.67 bits per heavy atom. The van der Waals surface area contributed by atoms with E-state index in [1.807, 2.05) is 6.92 Å². The fourth-order valence-electron chi connectivity index (χ4n) is 2.20. The van der Waals surface area contributed by atoms with Crippen molar-refractivity contribution in [3.63, 3.8) is 0 Å². The van der Waals surface area contributed by atoms with Crippen molar-refractivity contribution in [2.24, 2.45) is 11.7 Å². The lowest BCUT2D eigenvalue weighted by molar-refractivity contribution is -0.155. The van der Waals surface area contributed by atoms with E-state index >= 15 is 0 Å². The quantitative estimate of drug-likeness (QED) is 0.729. The second-order valence-electron chi connectivity index (χ2n) is 4.44. The van der Waals surface area contributed by atoms with E-state index in [1.54, 1.807) is 0 Å². The van der Waals surface area contributed by atoms with Gasteiger partial charge in [0.05, 0.1) is 0 Å². The molecule has 1 saturated carbocycles. The van der Waals surface area contributed by atoms with Crippen LogP contribution in [-0.4, -0.2) is 18.1 Å². The van der Waals surface area contributed by atoms with Crippen LogP contribution in [0.15, 0.2) is 0 Å². The predicted octanol–water partition coefficient (Wildman–Crippen LogP) is 2.24. The van der Waals surface area contributed by atoms with E-state index in [0.29, 0.717) is 12.3 Å². The highest BCUT2D eigenvalue weighted by Crippen LogP contribution is 2.29. The van der Waals surface area contributed by atoms with Gasteiger partial charge in [0.2, 0.25) is 0 Å². The third-order valence-corrected chi connectivity index (χ3v) is 3.37. The molecule has 0 aromatic heterocycles. The van der Waals surface area contributed by atoms with E-state index in [2.05, 4.69) is 6.92 Å². The Morgan fingerprint density at radius 1 is 1.40 bits per heavy atom. The molecule has 0 amide bonds. The maximum Gasteiger partial charge on any atom is 0.323 e. The first-order valence-electron chi connectivity index (χ1n) is 6.15. The Morgan fingerprint density at radius 2 is 2.07 bits per heavy atom. The zero-order chi connectivity index (χ0) is 11.3. The van der Waals surface area contributed by atoms with Gasteiger partial charge in [0.1, 0.15) is 12.1 Å². The number of hydrogen-bond acceptors (Lipinski definition) is 3. The highest BCUT2D eigenvalue weighted by molar-refractivity contribution is 5.75. The Balaban J connectivity index is 2.44. The van der Waals surface area contributed by atoms with Gasteiger partial charge in [-0.3, -0.25) is 4.79 Å². The highest BCUT2D eigenvalue weighted by Gasteiger charge is 2.28. The second-order valence-corrected chi connectivity index (χ2v) is 4.44. The smallest absolute Gasteiger partial charge is 0.323 e. The van der Waals surface area contributed by atoms with Crippen molar-refractivity contribution in [3.8, 4) is 0 Å². The minimum Gasteiger partial charge on any atom is -0.461 e. The minimum atomic E-state index is -0.440. The zero-order valence-corrected chi connectivity index (χ0v) is 9.87. The molecule has 2 N–H and O–H groups in total. The summed E-state index contributed by atoms with van der Waals surface area (Å²) in [7, 11) is 0. The molecule has 1 aliphatic rings. The summed E-state index contributed by atoms with van der Waals surface area (Å²) < 4.78 is 5.48. The SMILES string of the molecule is CCC1CCCCC1OC(=O)[C@H](N)CC. The van der Waals surface area contributed by atoms with Gasteiger partial charge < -0.3 is 10.5 Å². The van der Waals surface area contributed by atoms with Crippen molar-refractivity contribution in [2.45, 2.75) is 64.5 Å². The van der Waals surface area contributed by atoms with Gasteiger partial charge in [-0.15, -0.1) is 0 Å². The third kappa shape index (κ3) is 3.49. The molecule has 0 aromatic rings. The van der Waals surface area contributed by atoms with Crippen LogP contribution in [0.25, 0.3) is 0 Å². The average Bonchev–Trinajstić information content (AvgIpc) is 2.28. The summed E-state index contributed by atoms with van der Waals surface area (Å²) in [6.45, 7) is 4.07. The third-order valence-electron chi connectivity index (χ3n) is 3.37. The monoisotopic (exact) mass is 213 g/mol. The number of hydrogen-bond donors (Lipinski definition) is 1. The lowest BCUT2D eigenvalue weighted by Gasteiger charge is -2.31. The van der Waals surface area contributed by atoms with Gasteiger partial charge >= 0.3 is 5.97 Å². The Labute approximate surface area is 92.4 Å². The summed E-state index contributed by atoms with van der Waals surface area (Å²) in [5.41, 5.74) is 5.65. The lowest BCUT2D eigenvalue weighted by atomic mass is 9.85. The molecular formula is C12H23NO2. The molecule has 0 heterocycles. The molecule has 0 aromatic carbocycles. The first-order chi connectivity index (χ1) is 7.19. The van der Waals surface area contributed by atoms with Crippen molar-refractivity contribution in [1.82, 2.24) is 0 Å². The van der Waals surface area contributed by atoms with E-state index in [1.165, 1.54) is 19.3 Å². The van der Waals surface area contributed by atoms with E-state index < -0.39 is 6.04 Å². The van der Waals surface area contributed by atoms with Crippen LogP contribution in [0.4, 0.5) is 0 Å². The lowest BCUT2D eigenvalue weighted by Crippen LogP contribution is -2.37. The zero-order valence-electron chi connectivity index (χ0n) is 9.87. The molecule has 88 valence electrons. The highest BCUT2D eigenvalue weighted by atomic mass is 16.5. The molecule has 3 heteroatoms. The summed E-state index contributed by atoms with van der Waals surface area (Å²) in [5, 5.41) is 0. The van der Waals surface area contributed by atoms with Gasteiger partial charge in [0, 0.05) is 0 Å². The minimum absolute atomic E-state index is 0.119. The largest absolute Gasteiger partial charge is 0.461 e. The van der Waals surface area contributed by atoms with E-state index in [-0.39, 0.29) is 12.1 Å². The normalized spacial score (nSPS) is 28.5. The molecule has 2 unspecified atom stereocenters. The maximum absolute atomic E-state index is 11.6. The first kappa shape index (κ1) is 12.5. The Hall–Kier alpha value is -0.570. The summed E-state index contributed by atoms with van der Waals surface area (Å²) >= 11 is 0. The topological polar surface area (TPSA) is 52.3 Å². The summed E-state index contributed by atoms with van der Waals surface area (Å²) in [6.07, 6.45) is 6.52. The van der Waals surface area contributed by atoms with E-state index in [4.69, 9.17) is 10.5 Å². The first-order valence-corrected chi connectivity index (χ1v) is 6.15. The molecule has 0 saturated heterocycles. The molecule has 1 rings (SSSR count). The molecular weight excluding hydrogens is 190 g/mol. The van der Waals surface area contributed by atoms with E-state index in [0.717, 1.165) is 12.8 Å². The van der Waals surface area contributed by atoms with Crippen molar-refractivity contribution in [3.05, 3.63) is 0 Å². The number of carbonyl (C=O) groups excluding carboxylic acids is 1. The Bertz CT molecular complexity index is 206. The van der Waals surface area contributed by atoms with Crippen molar-refractivity contribution in [2.75, 3.05) is 0 Å². The summed E-state index contributed by atoms with van der Waals surface area (Å²) in [5.74, 6) is 0.328. The number of esters is 1. The Kier molecular flexibility index (Phi) is 5.09. The summed E-state index contributed by atoms with van der Waals surface area (Å²) in [6, 6.07) is -0.440. The standard InChI is InChI=1S/C12H23NO2/c1-3-9-7-5-6-8-11(9)15-12(14)10(13)4-2/h9-11H,3-8,13H2,1-2H3/t9?,10-,11?/m1/s1. The van der Waals surface area contributed by atoms with Crippen LogP contribution in [0.5, 0.6) is 0 Å². The van der Waals surface area contributed by atoms with Crippen molar-refractivity contribution < 1.29 is 9.53 Å². The molecule has 3 nitrogen and oxygen atoms in total. The predicted molar refractivity (Wildman–Crippen MR) is 60.4 cm³/mol. The molecule has 3 atom stereocenters. The van der Waals surface area contributed by atoms with Crippen LogP contribution in [0, 0.1) is 5.92 Å². The molecule has 0 bridgehead atoms. The van der Waals surface area contributed by atoms with Gasteiger partial charge in [0.25, 0.3) is 0 Å². The van der Waals surface area contributed by atoms with Crippen LogP contribution >= 0.6 is 0 Å². The summed E-state index contributed by atoms with van der Waals surface area (Å²) in [4.78, 5) is 11.6. The van der Waals surface area contributed by atoms with Gasteiger partial charge in [0.15, 0.2) is 0 Å². The van der Waals surface area contributed by atoms with Crippen molar-refractivity contribution >= 4 is 5.97 Å². The number of ether oxygens (including phenoxy) is 1. The average molecular weight is 213 g/mol. The van der Waals surface area contributed by atoms with Crippen LogP contribution < -0.4 is 5.73 Å². The molecule has 0 aliphatic heterocycles. The molecule has 1 aliphatic carbocycles. The van der Waals surface area contributed by atoms with Gasteiger partial charge in [-0.25, -0.2) is 0 Å². The van der Waals surface area contributed by atoms with E-state index in [9.17, 15) is 4.79 Å². The van der Waals surface area contributed by atoms with Crippen LogP contribution in [-0.2, 0) is 9.53 Å². The fourth-order valence-corrected chi connectivity index (χ4v) is 2.20. The molecule has 0 radical (unpaired) electrons. The molecule has 1 fully saturated rings. The van der Waals surface area contributed by atoms with Crippen molar-refractivity contribution in [1.29, 1.82) is 0 Å². The van der Waals surface area contributed by atoms with Crippen LogP contribution in [0.1, 0.15) is 52.4 Å². The van der Waals surface area contributed by atoms with Gasteiger partial charge in [-0.2, -0.15) is 0 Å². The molecule has 15 heavy (non-hydrogen) atoms. The fraction of sp³-hybridized carbons (Fsp3) is 0.917.